The Bertz CT molecular complexity index is 796. The quantitative estimate of drug-likeness (QED) is 0.890. The lowest BCUT2D eigenvalue weighted by Crippen LogP contribution is -2.31. The van der Waals surface area contributed by atoms with Crippen LogP contribution in [0.15, 0.2) is 36.4 Å². The Hall–Kier alpha value is -2.51. The van der Waals surface area contributed by atoms with Gasteiger partial charge in [-0.1, -0.05) is 29.8 Å². The van der Waals surface area contributed by atoms with Crippen molar-refractivity contribution in [3.05, 3.63) is 63.7 Å². The molecule has 0 fully saturated rings. The van der Waals surface area contributed by atoms with Crippen molar-refractivity contribution >= 4 is 17.5 Å². The van der Waals surface area contributed by atoms with E-state index in [1.54, 1.807) is 12.1 Å². The number of halogens is 1. The van der Waals surface area contributed by atoms with Crippen LogP contribution in [0.1, 0.15) is 35.2 Å². The molecular formula is C19H19ClN2O2. The van der Waals surface area contributed by atoms with Crippen molar-refractivity contribution in [2.75, 3.05) is 6.61 Å². The Morgan fingerprint density at radius 3 is 2.62 bits per heavy atom. The lowest BCUT2D eigenvalue weighted by Gasteiger charge is -2.16. The first-order valence-electron chi connectivity index (χ1n) is 7.59. The van der Waals surface area contributed by atoms with Crippen LogP contribution in [0.4, 0.5) is 0 Å². The maximum Gasteiger partial charge on any atom is 0.258 e. The van der Waals surface area contributed by atoms with Gasteiger partial charge >= 0.3 is 0 Å². The highest BCUT2D eigenvalue weighted by atomic mass is 35.5. The number of nitriles is 1. The van der Waals surface area contributed by atoms with E-state index in [9.17, 15) is 4.79 Å². The number of carbonyl (C=O) groups excluding carboxylic acids is 1. The van der Waals surface area contributed by atoms with Crippen LogP contribution in [0.5, 0.6) is 5.75 Å². The number of benzene rings is 2. The fraction of sp³-hybridized carbons (Fsp3) is 0.263. The number of carbonyl (C=O) groups is 1. The molecule has 0 aliphatic carbocycles. The minimum absolute atomic E-state index is 0.114. The van der Waals surface area contributed by atoms with Crippen molar-refractivity contribution in [2.24, 2.45) is 0 Å². The van der Waals surface area contributed by atoms with E-state index in [-0.39, 0.29) is 18.6 Å². The van der Waals surface area contributed by atoms with E-state index in [4.69, 9.17) is 21.6 Å². The molecular weight excluding hydrogens is 324 g/mol. The summed E-state index contributed by atoms with van der Waals surface area (Å²) in [5.74, 6) is 0.144. The second kappa shape index (κ2) is 7.85. The largest absolute Gasteiger partial charge is 0.482 e. The zero-order valence-electron chi connectivity index (χ0n) is 13.9. The molecule has 4 nitrogen and oxygen atoms in total. The van der Waals surface area contributed by atoms with Crippen LogP contribution in [0.3, 0.4) is 0 Å². The van der Waals surface area contributed by atoms with Gasteiger partial charge in [-0.2, -0.15) is 5.26 Å². The molecule has 24 heavy (non-hydrogen) atoms. The minimum Gasteiger partial charge on any atom is -0.482 e. The lowest BCUT2D eigenvalue weighted by atomic mass is 10.0. The van der Waals surface area contributed by atoms with E-state index in [1.165, 1.54) is 17.2 Å². The van der Waals surface area contributed by atoms with Gasteiger partial charge in [-0.3, -0.25) is 4.79 Å². The van der Waals surface area contributed by atoms with Crippen LogP contribution < -0.4 is 10.1 Å². The molecule has 0 aliphatic rings. The lowest BCUT2D eigenvalue weighted by molar-refractivity contribution is -0.123. The van der Waals surface area contributed by atoms with Gasteiger partial charge in [0.1, 0.15) is 5.75 Å². The van der Waals surface area contributed by atoms with E-state index in [0.29, 0.717) is 16.3 Å². The molecule has 0 aliphatic heterocycles. The van der Waals surface area contributed by atoms with Crippen molar-refractivity contribution in [1.29, 1.82) is 5.26 Å². The number of amides is 1. The Balaban J connectivity index is 1.93. The molecule has 0 saturated heterocycles. The number of aryl methyl sites for hydroxylation is 2. The van der Waals surface area contributed by atoms with E-state index < -0.39 is 0 Å². The first kappa shape index (κ1) is 17.8. The molecule has 0 radical (unpaired) electrons. The summed E-state index contributed by atoms with van der Waals surface area (Å²) in [4.78, 5) is 12.1. The van der Waals surface area contributed by atoms with Gasteiger partial charge in [0.05, 0.1) is 22.7 Å². The zero-order valence-corrected chi connectivity index (χ0v) is 14.6. The second-order valence-corrected chi connectivity index (χ2v) is 6.09. The zero-order chi connectivity index (χ0) is 17.7. The molecule has 0 heterocycles. The van der Waals surface area contributed by atoms with Crippen LogP contribution in [0.25, 0.3) is 0 Å². The van der Waals surface area contributed by atoms with Crippen molar-refractivity contribution in [3.63, 3.8) is 0 Å². The summed E-state index contributed by atoms with van der Waals surface area (Å²) in [7, 11) is 0. The molecule has 1 N–H and O–H groups in total. The van der Waals surface area contributed by atoms with Crippen LogP contribution in [-0.4, -0.2) is 12.5 Å². The maximum atomic E-state index is 12.1. The van der Waals surface area contributed by atoms with Gasteiger partial charge in [-0.15, -0.1) is 0 Å². The summed E-state index contributed by atoms with van der Waals surface area (Å²) in [6.07, 6.45) is 0. The van der Waals surface area contributed by atoms with Gasteiger partial charge in [-0.25, -0.2) is 0 Å². The van der Waals surface area contributed by atoms with Crippen molar-refractivity contribution < 1.29 is 9.53 Å². The monoisotopic (exact) mass is 342 g/mol. The van der Waals surface area contributed by atoms with Gasteiger partial charge in [0.15, 0.2) is 6.61 Å². The highest BCUT2D eigenvalue weighted by Crippen LogP contribution is 2.25. The molecule has 0 saturated carbocycles. The van der Waals surface area contributed by atoms with Crippen LogP contribution in [0.2, 0.25) is 5.02 Å². The van der Waals surface area contributed by atoms with Crippen LogP contribution in [0, 0.1) is 25.2 Å². The number of hydrogen-bond donors (Lipinski definition) is 1. The van der Waals surface area contributed by atoms with Gasteiger partial charge < -0.3 is 10.1 Å². The molecule has 0 spiro atoms. The highest BCUT2D eigenvalue weighted by Gasteiger charge is 2.12. The summed E-state index contributed by atoms with van der Waals surface area (Å²) in [5, 5.41) is 12.0. The smallest absolute Gasteiger partial charge is 0.258 e. The van der Waals surface area contributed by atoms with Crippen molar-refractivity contribution in [1.82, 2.24) is 5.32 Å². The summed E-state index contributed by atoms with van der Waals surface area (Å²) in [5.41, 5.74) is 3.90. The van der Waals surface area contributed by atoms with Gasteiger partial charge in [0, 0.05) is 0 Å². The maximum absolute atomic E-state index is 12.1. The van der Waals surface area contributed by atoms with E-state index in [1.807, 2.05) is 32.0 Å². The first-order chi connectivity index (χ1) is 11.4. The fourth-order valence-corrected chi connectivity index (χ4v) is 2.47. The predicted molar refractivity (Wildman–Crippen MR) is 94.1 cm³/mol. The average molecular weight is 343 g/mol. The molecule has 2 aromatic rings. The molecule has 1 atom stereocenters. The third kappa shape index (κ3) is 4.50. The van der Waals surface area contributed by atoms with E-state index in [2.05, 4.69) is 18.3 Å². The standard InChI is InChI=1S/C19H19ClN2O2/c1-12-4-6-16(8-13(12)2)14(3)22-19(23)11-24-18-7-5-15(10-21)9-17(18)20/h4-9,14H,11H2,1-3H3,(H,22,23). The van der Waals surface area contributed by atoms with Crippen molar-refractivity contribution in [2.45, 2.75) is 26.8 Å². The highest BCUT2D eigenvalue weighted by molar-refractivity contribution is 6.32. The van der Waals surface area contributed by atoms with Gasteiger partial charge in [0.25, 0.3) is 5.91 Å². The number of nitrogens with one attached hydrogen (secondary N) is 1. The number of hydrogen-bond acceptors (Lipinski definition) is 3. The molecule has 1 amide bonds. The number of ether oxygens (including phenoxy) is 1. The summed E-state index contributed by atoms with van der Waals surface area (Å²) in [6, 6.07) is 12.7. The van der Waals surface area contributed by atoms with Gasteiger partial charge in [-0.05, 0) is 55.7 Å². The van der Waals surface area contributed by atoms with Gasteiger partial charge in [0.2, 0.25) is 0 Å². The molecule has 0 bridgehead atoms. The third-order valence-corrected chi connectivity index (χ3v) is 4.12. The topological polar surface area (TPSA) is 62.1 Å². The summed E-state index contributed by atoms with van der Waals surface area (Å²) < 4.78 is 5.42. The third-order valence-electron chi connectivity index (χ3n) is 3.83. The minimum atomic E-state index is -0.235. The summed E-state index contributed by atoms with van der Waals surface area (Å²) >= 11 is 6.02. The normalized spacial score (nSPS) is 11.5. The second-order valence-electron chi connectivity index (χ2n) is 5.68. The van der Waals surface area contributed by atoms with Crippen molar-refractivity contribution in [3.8, 4) is 11.8 Å². The Morgan fingerprint density at radius 2 is 2.00 bits per heavy atom. The Labute approximate surface area is 147 Å². The Morgan fingerprint density at radius 1 is 1.25 bits per heavy atom. The molecule has 2 aromatic carbocycles. The molecule has 1 unspecified atom stereocenters. The Kier molecular flexibility index (Phi) is 5.83. The fourth-order valence-electron chi connectivity index (χ4n) is 2.23. The molecule has 0 aromatic heterocycles. The molecule has 2 rings (SSSR count). The number of rotatable bonds is 5. The first-order valence-corrected chi connectivity index (χ1v) is 7.97. The number of nitrogens with zero attached hydrogens (tertiary/aromatic N) is 1. The SMILES string of the molecule is Cc1ccc(C(C)NC(=O)COc2ccc(C#N)cc2Cl)cc1C. The van der Waals surface area contributed by atoms with E-state index >= 15 is 0 Å². The summed E-state index contributed by atoms with van der Waals surface area (Å²) in [6.45, 7) is 5.89. The predicted octanol–water partition coefficient (Wildman–Crippen LogP) is 4.08. The van der Waals surface area contributed by atoms with Crippen LogP contribution in [-0.2, 0) is 4.79 Å². The van der Waals surface area contributed by atoms with E-state index in [0.717, 1.165) is 5.56 Å². The molecule has 124 valence electrons. The van der Waals surface area contributed by atoms with Crippen LogP contribution >= 0.6 is 11.6 Å². The average Bonchev–Trinajstić information content (AvgIpc) is 2.56. The molecule has 5 heteroatoms.